The Kier molecular flexibility index (Phi) is 2.08. The van der Waals surface area contributed by atoms with E-state index in [0.717, 1.165) is 22.2 Å². The topological polar surface area (TPSA) is 57.2 Å². The summed E-state index contributed by atoms with van der Waals surface area (Å²) in [6.45, 7) is 1.82. The number of fused-ring (bicyclic) bond motifs is 1. The van der Waals surface area contributed by atoms with Crippen LogP contribution in [-0.4, -0.2) is 16.6 Å². The highest BCUT2D eigenvalue weighted by atomic mass is 16.2. The fourth-order valence-corrected chi connectivity index (χ4v) is 1.96. The number of carbonyl (C=O) groups excluding carboxylic acids is 1. The second kappa shape index (κ2) is 3.59. The van der Waals surface area contributed by atoms with Gasteiger partial charge in [0.2, 0.25) is 0 Å². The van der Waals surface area contributed by atoms with Gasteiger partial charge in [-0.25, -0.2) is 5.43 Å². The first-order valence-electron chi connectivity index (χ1n) is 5.38. The molecule has 2 heterocycles. The van der Waals surface area contributed by atoms with Crippen LogP contribution in [0.15, 0.2) is 41.1 Å². The first-order valence-corrected chi connectivity index (χ1v) is 5.38. The molecule has 0 fully saturated rings. The molecule has 1 aliphatic rings. The van der Waals surface area contributed by atoms with Crippen molar-refractivity contribution in [2.24, 2.45) is 5.10 Å². The summed E-state index contributed by atoms with van der Waals surface area (Å²) in [6, 6.07) is 7.99. The third-order valence-electron chi connectivity index (χ3n) is 2.88. The van der Waals surface area contributed by atoms with E-state index in [2.05, 4.69) is 15.5 Å². The van der Waals surface area contributed by atoms with Gasteiger partial charge in [-0.1, -0.05) is 18.2 Å². The number of aromatic nitrogens is 1. The van der Waals surface area contributed by atoms with Crippen molar-refractivity contribution >= 4 is 28.6 Å². The molecule has 0 bridgehead atoms. The Balaban J connectivity index is 2.14. The van der Waals surface area contributed by atoms with E-state index >= 15 is 0 Å². The smallest absolute Gasteiger partial charge is 0.273 e. The number of hydrazone groups is 1. The molecule has 2 N–H and O–H groups in total. The predicted molar refractivity (Wildman–Crippen MR) is 67.5 cm³/mol. The Morgan fingerprint density at radius 2 is 2.12 bits per heavy atom. The van der Waals surface area contributed by atoms with Crippen molar-refractivity contribution in [2.45, 2.75) is 6.92 Å². The summed E-state index contributed by atoms with van der Waals surface area (Å²) in [5, 5.41) is 5.00. The molecule has 0 atom stereocenters. The van der Waals surface area contributed by atoms with Gasteiger partial charge in [0.05, 0.1) is 11.3 Å². The second-order valence-corrected chi connectivity index (χ2v) is 3.99. The molecule has 1 aromatic carbocycles. The molecular formula is C13H11N3O. The molecule has 4 nitrogen and oxygen atoms in total. The summed E-state index contributed by atoms with van der Waals surface area (Å²) in [7, 11) is 0. The third kappa shape index (κ3) is 1.54. The van der Waals surface area contributed by atoms with Gasteiger partial charge in [-0.3, -0.25) is 4.79 Å². The lowest BCUT2D eigenvalue weighted by atomic mass is 10.1. The van der Waals surface area contributed by atoms with Crippen LogP contribution >= 0.6 is 0 Å². The zero-order valence-corrected chi connectivity index (χ0v) is 9.32. The Hall–Kier alpha value is -2.36. The molecule has 4 heteroatoms. The number of H-pyrrole nitrogens is 1. The van der Waals surface area contributed by atoms with Gasteiger partial charge in [-0.15, -0.1) is 0 Å². The van der Waals surface area contributed by atoms with Crippen molar-refractivity contribution in [2.75, 3.05) is 0 Å². The number of hydrogen-bond acceptors (Lipinski definition) is 2. The number of benzene rings is 1. The maximum atomic E-state index is 11.5. The van der Waals surface area contributed by atoms with E-state index in [1.807, 2.05) is 43.5 Å². The van der Waals surface area contributed by atoms with Gasteiger partial charge in [0.1, 0.15) is 0 Å². The number of rotatable bonds is 1. The van der Waals surface area contributed by atoms with Gasteiger partial charge in [0.25, 0.3) is 5.91 Å². The molecule has 0 saturated carbocycles. The zero-order valence-electron chi connectivity index (χ0n) is 9.32. The lowest BCUT2D eigenvalue weighted by molar-refractivity contribution is -0.116. The molecule has 3 rings (SSSR count). The van der Waals surface area contributed by atoms with E-state index in [9.17, 15) is 4.79 Å². The number of para-hydroxylation sites is 1. The fraction of sp³-hybridized carbons (Fsp3) is 0.0769. The fourth-order valence-electron chi connectivity index (χ4n) is 1.96. The number of aromatic amines is 1. The Labute approximate surface area is 98.0 Å². The minimum absolute atomic E-state index is 0.146. The molecule has 0 radical (unpaired) electrons. The Morgan fingerprint density at radius 1 is 1.29 bits per heavy atom. The summed E-state index contributed by atoms with van der Waals surface area (Å²) in [4.78, 5) is 14.7. The van der Waals surface area contributed by atoms with Crippen LogP contribution in [0.4, 0.5) is 0 Å². The van der Waals surface area contributed by atoms with Crippen LogP contribution < -0.4 is 5.43 Å². The first-order chi connectivity index (χ1) is 8.25. The largest absolute Gasteiger partial charge is 0.361 e. The normalized spacial score (nSPS) is 17.6. The Morgan fingerprint density at radius 3 is 2.88 bits per heavy atom. The van der Waals surface area contributed by atoms with Gasteiger partial charge in [-0.2, -0.15) is 5.10 Å². The number of amides is 1. The molecule has 0 spiro atoms. The van der Waals surface area contributed by atoms with Crippen molar-refractivity contribution in [1.29, 1.82) is 0 Å². The maximum Gasteiger partial charge on any atom is 0.273 e. The highest BCUT2D eigenvalue weighted by molar-refractivity contribution is 6.27. The van der Waals surface area contributed by atoms with Crippen LogP contribution in [-0.2, 0) is 4.79 Å². The van der Waals surface area contributed by atoms with Crippen molar-refractivity contribution in [3.05, 3.63) is 41.6 Å². The monoisotopic (exact) mass is 225 g/mol. The van der Waals surface area contributed by atoms with E-state index in [0.29, 0.717) is 5.57 Å². The highest BCUT2D eigenvalue weighted by Gasteiger charge is 2.18. The highest BCUT2D eigenvalue weighted by Crippen LogP contribution is 2.21. The zero-order chi connectivity index (χ0) is 11.8. The van der Waals surface area contributed by atoms with Crippen LogP contribution in [0.1, 0.15) is 12.5 Å². The van der Waals surface area contributed by atoms with Crippen LogP contribution in [0.3, 0.4) is 0 Å². The summed E-state index contributed by atoms with van der Waals surface area (Å²) < 4.78 is 0. The van der Waals surface area contributed by atoms with Crippen molar-refractivity contribution in [3.8, 4) is 0 Å². The molecular weight excluding hydrogens is 214 g/mol. The quantitative estimate of drug-likeness (QED) is 0.717. The van der Waals surface area contributed by atoms with Crippen LogP contribution in [0.25, 0.3) is 17.0 Å². The van der Waals surface area contributed by atoms with E-state index in [1.54, 1.807) is 0 Å². The average molecular weight is 225 g/mol. The molecule has 1 aliphatic heterocycles. The number of hydrogen-bond donors (Lipinski definition) is 2. The minimum Gasteiger partial charge on any atom is -0.361 e. The molecule has 1 amide bonds. The molecule has 1 aromatic heterocycles. The molecule has 2 aromatic rings. The summed E-state index contributed by atoms with van der Waals surface area (Å²) in [5.41, 5.74) is 5.86. The van der Waals surface area contributed by atoms with E-state index in [1.165, 1.54) is 0 Å². The van der Waals surface area contributed by atoms with E-state index in [-0.39, 0.29) is 5.91 Å². The summed E-state index contributed by atoms with van der Waals surface area (Å²) in [5.74, 6) is -0.146. The molecule has 17 heavy (non-hydrogen) atoms. The van der Waals surface area contributed by atoms with Crippen LogP contribution in [0.5, 0.6) is 0 Å². The van der Waals surface area contributed by atoms with Gasteiger partial charge >= 0.3 is 0 Å². The molecule has 0 unspecified atom stereocenters. The Bertz CT molecular complexity index is 664. The number of carbonyl (C=O) groups is 1. The van der Waals surface area contributed by atoms with Crippen molar-refractivity contribution in [3.63, 3.8) is 0 Å². The average Bonchev–Trinajstić information content (AvgIpc) is 2.88. The predicted octanol–water partition coefficient (Wildman–Crippen LogP) is 2.06. The molecule has 84 valence electrons. The first kappa shape index (κ1) is 9.84. The van der Waals surface area contributed by atoms with Gasteiger partial charge in [0.15, 0.2) is 0 Å². The summed E-state index contributed by atoms with van der Waals surface area (Å²) in [6.07, 6.45) is 3.76. The van der Waals surface area contributed by atoms with Crippen LogP contribution in [0, 0.1) is 0 Å². The van der Waals surface area contributed by atoms with Crippen molar-refractivity contribution < 1.29 is 4.79 Å². The second-order valence-electron chi connectivity index (χ2n) is 3.99. The standard InChI is InChI=1S/C13H11N3O/c1-8-11(13(17)16-15-8)6-9-7-14-12-5-3-2-4-10(9)12/h2-7,14H,1H3,(H,16,17)/b11-6-. The van der Waals surface area contributed by atoms with Crippen molar-refractivity contribution in [1.82, 2.24) is 10.4 Å². The number of nitrogens with one attached hydrogen (secondary N) is 2. The summed E-state index contributed by atoms with van der Waals surface area (Å²) >= 11 is 0. The lowest BCUT2D eigenvalue weighted by Gasteiger charge is -1.95. The molecule has 0 saturated heterocycles. The minimum atomic E-state index is -0.146. The van der Waals surface area contributed by atoms with Gasteiger partial charge in [0, 0.05) is 22.7 Å². The van der Waals surface area contributed by atoms with E-state index in [4.69, 9.17) is 0 Å². The third-order valence-corrected chi connectivity index (χ3v) is 2.88. The van der Waals surface area contributed by atoms with Gasteiger partial charge < -0.3 is 4.98 Å². The number of nitrogens with zero attached hydrogens (tertiary/aromatic N) is 1. The molecule has 0 aliphatic carbocycles. The van der Waals surface area contributed by atoms with Gasteiger partial charge in [-0.05, 0) is 19.1 Å². The van der Waals surface area contributed by atoms with E-state index < -0.39 is 0 Å². The van der Waals surface area contributed by atoms with Crippen LogP contribution in [0.2, 0.25) is 0 Å². The maximum absolute atomic E-state index is 11.5. The lowest BCUT2D eigenvalue weighted by Crippen LogP contribution is -2.12. The SMILES string of the molecule is CC1=NNC(=O)/C1=C\c1c[nH]c2ccccc12.